The van der Waals surface area contributed by atoms with E-state index in [9.17, 15) is 0 Å². The predicted molar refractivity (Wildman–Crippen MR) is 72.5 cm³/mol. The van der Waals surface area contributed by atoms with Crippen LogP contribution in [0.15, 0.2) is 36.4 Å². The Labute approximate surface area is 107 Å². The topological polar surface area (TPSA) is 24.9 Å². The van der Waals surface area contributed by atoms with Crippen LogP contribution in [0.4, 0.5) is 5.69 Å². The van der Waals surface area contributed by atoms with Gasteiger partial charge in [0.1, 0.15) is 0 Å². The minimum atomic E-state index is 0.766. The van der Waals surface area contributed by atoms with Crippen molar-refractivity contribution in [1.29, 1.82) is 0 Å². The van der Waals surface area contributed by atoms with Crippen molar-refractivity contribution in [3.8, 4) is 0 Å². The van der Waals surface area contributed by atoms with E-state index in [-0.39, 0.29) is 0 Å². The molecule has 0 saturated carbocycles. The first-order valence-electron chi connectivity index (χ1n) is 5.58. The van der Waals surface area contributed by atoms with Crippen molar-refractivity contribution in [1.82, 2.24) is 4.98 Å². The van der Waals surface area contributed by atoms with E-state index in [1.165, 1.54) is 5.56 Å². The standard InChI is InChI=1S/C14H15ClN2/c1-10-3-8-14(11(2)17-10)16-9-12-4-6-13(15)7-5-12/h3-8,16H,9H2,1-2H3. The van der Waals surface area contributed by atoms with E-state index in [4.69, 9.17) is 11.6 Å². The Kier molecular flexibility index (Phi) is 3.64. The Bertz CT molecular complexity index is 506. The number of hydrogen-bond donors (Lipinski definition) is 1. The maximum atomic E-state index is 5.84. The van der Waals surface area contributed by atoms with Crippen LogP contribution in [0.25, 0.3) is 0 Å². The summed E-state index contributed by atoms with van der Waals surface area (Å²) in [4.78, 5) is 4.42. The molecule has 0 atom stereocenters. The summed E-state index contributed by atoms with van der Waals surface area (Å²) >= 11 is 5.84. The average molecular weight is 247 g/mol. The lowest BCUT2D eigenvalue weighted by Gasteiger charge is -2.09. The zero-order valence-electron chi connectivity index (χ0n) is 10.00. The lowest BCUT2D eigenvalue weighted by atomic mass is 10.2. The minimum absolute atomic E-state index is 0.766. The van der Waals surface area contributed by atoms with E-state index in [0.29, 0.717) is 0 Å². The Morgan fingerprint density at radius 2 is 1.76 bits per heavy atom. The summed E-state index contributed by atoms with van der Waals surface area (Å²) in [6.07, 6.45) is 0. The highest BCUT2D eigenvalue weighted by atomic mass is 35.5. The fourth-order valence-corrected chi connectivity index (χ4v) is 1.80. The van der Waals surface area contributed by atoms with Gasteiger partial charge in [0.2, 0.25) is 0 Å². The lowest BCUT2D eigenvalue weighted by Crippen LogP contribution is -2.02. The highest BCUT2D eigenvalue weighted by molar-refractivity contribution is 6.30. The molecule has 0 amide bonds. The Hall–Kier alpha value is -1.54. The molecular weight excluding hydrogens is 232 g/mol. The molecule has 0 fully saturated rings. The van der Waals surface area contributed by atoms with Gasteiger partial charge in [-0.1, -0.05) is 23.7 Å². The third kappa shape index (κ3) is 3.21. The van der Waals surface area contributed by atoms with Gasteiger partial charge >= 0.3 is 0 Å². The van der Waals surface area contributed by atoms with Gasteiger partial charge in [-0.3, -0.25) is 4.98 Å². The summed E-state index contributed by atoms with van der Waals surface area (Å²) in [7, 11) is 0. The van der Waals surface area contributed by atoms with E-state index in [1.54, 1.807) is 0 Å². The molecule has 0 aliphatic rings. The number of halogens is 1. The molecule has 0 unspecified atom stereocenters. The predicted octanol–water partition coefficient (Wildman–Crippen LogP) is 3.96. The second kappa shape index (κ2) is 5.19. The molecule has 2 rings (SSSR count). The van der Waals surface area contributed by atoms with Crippen LogP contribution in [-0.2, 0) is 6.54 Å². The Balaban J connectivity index is 2.04. The maximum Gasteiger partial charge on any atom is 0.0606 e. The van der Waals surface area contributed by atoms with Crippen LogP contribution in [0.1, 0.15) is 17.0 Å². The summed E-state index contributed by atoms with van der Waals surface area (Å²) in [6, 6.07) is 11.9. The van der Waals surface area contributed by atoms with Crippen molar-refractivity contribution in [2.24, 2.45) is 0 Å². The maximum absolute atomic E-state index is 5.84. The van der Waals surface area contributed by atoms with Gasteiger partial charge in [-0.2, -0.15) is 0 Å². The fraction of sp³-hybridized carbons (Fsp3) is 0.214. The molecule has 2 nitrogen and oxygen atoms in total. The molecule has 0 aliphatic carbocycles. The van der Waals surface area contributed by atoms with Gasteiger partial charge in [-0.05, 0) is 43.7 Å². The Morgan fingerprint density at radius 3 is 2.41 bits per heavy atom. The summed E-state index contributed by atoms with van der Waals surface area (Å²) in [5.74, 6) is 0. The van der Waals surface area contributed by atoms with Gasteiger partial charge < -0.3 is 5.32 Å². The number of rotatable bonds is 3. The van der Waals surface area contributed by atoms with Gasteiger partial charge in [-0.25, -0.2) is 0 Å². The van der Waals surface area contributed by atoms with Gasteiger partial charge in [0.15, 0.2) is 0 Å². The lowest BCUT2D eigenvalue weighted by molar-refractivity contribution is 1.08. The zero-order chi connectivity index (χ0) is 12.3. The van der Waals surface area contributed by atoms with Crippen molar-refractivity contribution in [2.45, 2.75) is 20.4 Å². The average Bonchev–Trinajstić information content (AvgIpc) is 2.30. The summed E-state index contributed by atoms with van der Waals surface area (Å²) < 4.78 is 0. The van der Waals surface area contributed by atoms with E-state index in [0.717, 1.165) is 28.6 Å². The molecule has 1 aromatic carbocycles. The van der Waals surface area contributed by atoms with Gasteiger partial charge in [0.25, 0.3) is 0 Å². The van der Waals surface area contributed by atoms with Crippen molar-refractivity contribution in [3.63, 3.8) is 0 Å². The summed E-state index contributed by atoms with van der Waals surface area (Å²) in [5.41, 5.74) is 4.35. The van der Waals surface area contributed by atoms with Crippen LogP contribution in [0, 0.1) is 13.8 Å². The molecule has 1 aromatic heterocycles. The van der Waals surface area contributed by atoms with Crippen molar-refractivity contribution in [3.05, 3.63) is 58.4 Å². The number of hydrogen-bond acceptors (Lipinski definition) is 2. The smallest absolute Gasteiger partial charge is 0.0606 e. The normalized spacial score (nSPS) is 10.3. The second-order valence-electron chi connectivity index (χ2n) is 4.07. The Morgan fingerprint density at radius 1 is 1.06 bits per heavy atom. The van der Waals surface area contributed by atoms with Crippen LogP contribution in [-0.4, -0.2) is 4.98 Å². The van der Waals surface area contributed by atoms with E-state index >= 15 is 0 Å². The number of aryl methyl sites for hydroxylation is 2. The van der Waals surface area contributed by atoms with Crippen LogP contribution < -0.4 is 5.32 Å². The third-order valence-corrected chi connectivity index (χ3v) is 2.87. The van der Waals surface area contributed by atoms with Gasteiger partial charge in [0, 0.05) is 17.3 Å². The van der Waals surface area contributed by atoms with E-state index in [1.807, 2.05) is 44.2 Å². The van der Waals surface area contributed by atoms with Gasteiger partial charge in [-0.15, -0.1) is 0 Å². The SMILES string of the molecule is Cc1ccc(NCc2ccc(Cl)cc2)c(C)n1. The number of pyridine rings is 1. The molecule has 0 spiro atoms. The number of anilines is 1. The molecule has 88 valence electrons. The first kappa shape index (κ1) is 11.9. The molecule has 1 N–H and O–H groups in total. The molecule has 0 radical (unpaired) electrons. The molecule has 2 aromatic rings. The monoisotopic (exact) mass is 246 g/mol. The van der Waals surface area contributed by atoms with Gasteiger partial charge in [0.05, 0.1) is 11.4 Å². The van der Waals surface area contributed by atoms with Crippen LogP contribution >= 0.6 is 11.6 Å². The molecule has 3 heteroatoms. The first-order valence-corrected chi connectivity index (χ1v) is 5.95. The fourth-order valence-electron chi connectivity index (χ4n) is 1.67. The van der Waals surface area contributed by atoms with Crippen molar-refractivity contribution in [2.75, 3.05) is 5.32 Å². The minimum Gasteiger partial charge on any atom is -0.380 e. The first-order chi connectivity index (χ1) is 8.15. The van der Waals surface area contributed by atoms with Crippen molar-refractivity contribution < 1.29 is 0 Å². The molecular formula is C14H15ClN2. The summed E-state index contributed by atoms with van der Waals surface area (Å²) in [6.45, 7) is 4.79. The van der Waals surface area contributed by atoms with E-state index in [2.05, 4.69) is 16.4 Å². The van der Waals surface area contributed by atoms with Crippen LogP contribution in [0.5, 0.6) is 0 Å². The quantitative estimate of drug-likeness (QED) is 0.887. The highest BCUT2D eigenvalue weighted by Crippen LogP contribution is 2.15. The molecule has 17 heavy (non-hydrogen) atoms. The molecule has 0 saturated heterocycles. The van der Waals surface area contributed by atoms with Crippen LogP contribution in [0.3, 0.4) is 0 Å². The largest absolute Gasteiger partial charge is 0.380 e. The summed E-state index contributed by atoms with van der Waals surface area (Å²) in [5, 5.41) is 4.14. The zero-order valence-corrected chi connectivity index (χ0v) is 10.8. The number of nitrogens with zero attached hydrogens (tertiary/aromatic N) is 1. The van der Waals surface area contributed by atoms with Crippen molar-refractivity contribution >= 4 is 17.3 Å². The molecule has 0 bridgehead atoms. The second-order valence-corrected chi connectivity index (χ2v) is 4.50. The third-order valence-electron chi connectivity index (χ3n) is 2.62. The molecule has 1 heterocycles. The molecule has 0 aliphatic heterocycles. The highest BCUT2D eigenvalue weighted by Gasteiger charge is 1.99. The number of benzene rings is 1. The van der Waals surface area contributed by atoms with E-state index < -0.39 is 0 Å². The number of nitrogens with one attached hydrogen (secondary N) is 1. The van der Waals surface area contributed by atoms with Crippen LogP contribution in [0.2, 0.25) is 5.02 Å². The number of aromatic nitrogens is 1.